The van der Waals surface area contributed by atoms with Gasteiger partial charge in [0.2, 0.25) is 0 Å². The predicted octanol–water partition coefficient (Wildman–Crippen LogP) is 26.2. The number of carbonyl (C=O) groups excluding carboxylic acids is 2. The van der Waals surface area contributed by atoms with Crippen molar-refractivity contribution in [3.63, 3.8) is 0 Å². The largest absolute Gasteiger partial charge is 0.460 e. The molecule has 2 fully saturated rings. The first-order valence-corrected chi connectivity index (χ1v) is 49.1. The van der Waals surface area contributed by atoms with Crippen LogP contribution >= 0.6 is 0 Å². The summed E-state index contributed by atoms with van der Waals surface area (Å²) < 4.78 is 11.9. The number of aliphatic hydroxyl groups excluding tert-OH is 5. The van der Waals surface area contributed by atoms with E-state index >= 15 is 0 Å². The topological polar surface area (TPSA) is 175 Å². The summed E-state index contributed by atoms with van der Waals surface area (Å²) in [6.07, 6.45) is 80.5. The summed E-state index contributed by atoms with van der Waals surface area (Å²) in [7, 11) is 0. The molecule has 13 nitrogen and oxygen atoms in total. The molecule has 0 spiro atoms. The molecule has 0 aromatic rings. The maximum atomic E-state index is 13.7. The van der Waals surface area contributed by atoms with Gasteiger partial charge in [-0.2, -0.15) is 0 Å². The predicted molar refractivity (Wildman–Crippen MR) is 482 cm³/mol. The molecule has 2 aliphatic rings. The van der Waals surface area contributed by atoms with E-state index in [0.717, 1.165) is 155 Å². The number of unbranched alkanes of at least 4 members (excludes halogenated alkanes) is 51. The molecule has 666 valence electrons. The summed E-state index contributed by atoms with van der Waals surface area (Å²) in [5.74, 6) is -0.183. The molecule has 0 radical (unpaired) electrons. The Labute approximate surface area is 692 Å². The van der Waals surface area contributed by atoms with Crippen LogP contribution in [-0.2, 0) is 19.1 Å². The van der Waals surface area contributed by atoms with E-state index in [4.69, 9.17) is 9.47 Å². The average molecular weight is 1580 g/mol. The smallest absolute Gasteiger partial charge is 0.323 e. The number of ether oxygens (including phenoxy) is 2. The zero-order chi connectivity index (χ0) is 79.4. The van der Waals surface area contributed by atoms with Crippen molar-refractivity contribution >= 4 is 11.9 Å². The van der Waals surface area contributed by atoms with Crippen molar-refractivity contribution in [2.75, 3.05) is 58.9 Å². The van der Waals surface area contributed by atoms with Gasteiger partial charge < -0.3 is 40.3 Å². The normalized spacial score (nSPS) is 17.5. The van der Waals surface area contributed by atoms with Crippen LogP contribution in [0.4, 0.5) is 0 Å². The maximum absolute atomic E-state index is 13.7. The van der Waals surface area contributed by atoms with Crippen molar-refractivity contribution in [1.29, 1.82) is 0 Å². The van der Waals surface area contributed by atoms with Crippen LogP contribution in [0, 0.1) is 0 Å². The number of carbonyl (C=O) groups is 2. The molecule has 9 unspecified atom stereocenters. The third kappa shape index (κ3) is 71.2. The molecular weight excluding hydrogens is 1380 g/mol. The van der Waals surface area contributed by atoms with Crippen LogP contribution < -0.4 is 5.32 Å². The van der Waals surface area contributed by atoms with Gasteiger partial charge in [-0.1, -0.05) is 423 Å². The first kappa shape index (κ1) is 112. The van der Waals surface area contributed by atoms with Gasteiger partial charge in [-0.15, -0.1) is 0 Å². The molecule has 111 heavy (non-hydrogen) atoms. The molecule has 6 N–H and O–H groups in total. The van der Waals surface area contributed by atoms with E-state index in [2.05, 4.69) is 68.5 Å². The average Bonchev–Trinajstić information content (AvgIpc) is 0.916. The Morgan fingerprint density at radius 2 is 0.550 bits per heavy atom. The molecule has 0 aromatic heterocycles. The van der Waals surface area contributed by atoms with Gasteiger partial charge in [-0.25, -0.2) is 0 Å². The van der Waals surface area contributed by atoms with Crippen molar-refractivity contribution < 1.29 is 44.6 Å². The molecule has 2 rings (SSSR count). The van der Waals surface area contributed by atoms with Crippen LogP contribution in [-0.4, -0.2) is 166 Å². The number of hydrogen-bond acceptors (Lipinski definition) is 13. The number of hydrogen-bond donors (Lipinski definition) is 6. The van der Waals surface area contributed by atoms with E-state index in [-0.39, 0.29) is 75.5 Å². The van der Waals surface area contributed by atoms with Crippen molar-refractivity contribution in [3.05, 3.63) is 0 Å². The lowest BCUT2D eigenvalue weighted by atomic mass is 10.00. The SMILES string of the molecule is C.C.CCCCCCCCCCC(O)CN(CCCCC1C(=O)OC(CCCCCCCCCC)CN1CC(O)CCCCCCCCCC)CC(O)CCCCCCCCCC.CCCCCCCCCCC(O)CN(CCCCC1NCC(CCCCCCCCCC)OC1=O)CC(O)CCCCCCCCCC. The van der Waals surface area contributed by atoms with Crippen LogP contribution in [0.3, 0.4) is 0 Å². The van der Waals surface area contributed by atoms with Crippen LogP contribution in [0.15, 0.2) is 0 Å². The monoisotopic (exact) mass is 1580 g/mol. The summed E-state index contributed by atoms with van der Waals surface area (Å²) in [4.78, 5) is 33.2. The van der Waals surface area contributed by atoms with Crippen molar-refractivity contribution in [1.82, 2.24) is 20.0 Å². The van der Waals surface area contributed by atoms with Crippen LogP contribution in [0.25, 0.3) is 0 Å². The summed E-state index contributed by atoms with van der Waals surface area (Å²) in [6.45, 7) is 22.0. The van der Waals surface area contributed by atoms with Gasteiger partial charge in [0.05, 0.1) is 30.5 Å². The van der Waals surface area contributed by atoms with Gasteiger partial charge in [0, 0.05) is 45.8 Å². The fourth-order valence-corrected chi connectivity index (χ4v) is 16.9. The lowest BCUT2D eigenvalue weighted by Crippen LogP contribution is -2.54. The fourth-order valence-electron chi connectivity index (χ4n) is 16.9. The van der Waals surface area contributed by atoms with Crippen molar-refractivity contribution in [2.24, 2.45) is 0 Å². The molecule has 2 aliphatic heterocycles. The molecule has 0 bridgehead atoms. The zero-order valence-electron chi connectivity index (χ0n) is 74.1. The zero-order valence-corrected chi connectivity index (χ0v) is 74.1. The van der Waals surface area contributed by atoms with E-state index in [1.165, 1.54) is 315 Å². The number of cyclic esters (lactones) is 2. The van der Waals surface area contributed by atoms with E-state index in [1.54, 1.807) is 0 Å². The number of nitrogens with one attached hydrogen (secondary N) is 1. The van der Waals surface area contributed by atoms with Gasteiger partial charge in [-0.3, -0.25) is 24.3 Å². The van der Waals surface area contributed by atoms with Gasteiger partial charge in [0.25, 0.3) is 0 Å². The lowest BCUT2D eigenvalue weighted by molar-refractivity contribution is -0.168. The Hall–Kier alpha value is -1.42. The van der Waals surface area contributed by atoms with Crippen LogP contribution in [0.2, 0.25) is 0 Å². The molecule has 13 heteroatoms. The highest BCUT2D eigenvalue weighted by Crippen LogP contribution is 2.26. The summed E-state index contributed by atoms with van der Waals surface area (Å²) in [5, 5.41) is 58.8. The highest BCUT2D eigenvalue weighted by atomic mass is 16.6. The minimum atomic E-state index is -0.419. The van der Waals surface area contributed by atoms with Crippen molar-refractivity contribution in [3.8, 4) is 0 Å². The summed E-state index contributed by atoms with van der Waals surface area (Å²) >= 11 is 0. The Morgan fingerprint density at radius 3 is 0.847 bits per heavy atom. The highest BCUT2D eigenvalue weighted by molar-refractivity contribution is 5.77. The minimum absolute atomic E-state index is 0. The van der Waals surface area contributed by atoms with Gasteiger partial charge in [0.1, 0.15) is 24.3 Å². The number of nitrogens with zero attached hydrogens (tertiary/aromatic N) is 3. The van der Waals surface area contributed by atoms with Gasteiger partial charge in [-0.05, 0) is 96.6 Å². The van der Waals surface area contributed by atoms with E-state index in [1.807, 2.05) is 0 Å². The van der Waals surface area contributed by atoms with Gasteiger partial charge >= 0.3 is 11.9 Å². The number of morpholine rings is 2. The van der Waals surface area contributed by atoms with E-state index in [9.17, 15) is 35.1 Å². The van der Waals surface area contributed by atoms with Gasteiger partial charge in [0.15, 0.2) is 0 Å². The standard InChI is InChI=1S/C54H108N2O5.C42H84N2O4.2CH4/c1-5-9-13-17-21-25-29-33-39-49(57)45-55(46-50(58)40-34-30-26-22-18-14-10-6-2)44-38-37-43-53-54(60)61-52(42-36-32-28-24-20-16-12-8-4)48-56(53)47-51(59)41-35-31-27-23-19-15-11-7-3;1-4-7-10-13-16-19-22-25-30-38(45)36-44(37-39(46)31-26-23-20-17-14-11-8-5-2)34-29-28-33-41-42(47)48-40(35-43-41)32-27-24-21-18-15-12-9-6-3;;/h49-53,57-59H,5-48H2,1-4H3;38-41,43,45-46H,4-37H2,1-3H3;2*1H4. The number of β-amino-alcohol motifs (C(OH)–C–C–N with tert-alkyl or cyclic N) is 1. The molecule has 2 heterocycles. The number of aliphatic hydroxyl groups is 5. The first-order valence-electron chi connectivity index (χ1n) is 49.1. The third-order valence-electron chi connectivity index (χ3n) is 24.0. The van der Waals surface area contributed by atoms with E-state index in [0.29, 0.717) is 32.7 Å². The Balaban J connectivity index is 0. The van der Waals surface area contributed by atoms with Crippen LogP contribution in [0.5, 0.6) is 0 Å². The molecular formula is C98H200N4O9. The van der Waals surface area contributed by atoms with E-state index < -0.39 is 6.10 Å². The number of rotatable bonds is 83. The second-order valence-electron chi connectivity index (χ2n) is 35.2. The molecule has 9 atom stereocenters. The molecule has 2 saturated heterocycles. The molecule has 0 saturated carbocycles. The Morgan fingerprint density at radius 1 is 0.306 bits per heavy atom. The molecule has 0 aliphatic carbocycles. The summed E-state index contributed by atoms with van der Waals surface area (Å²) in [5.41, 5.74) is 0. The lowest BCUT2D eigenvalue weighted by Gasteiger charge is -2.39. The Kier molecular flexibility index (Phi) is 85.5. The maximum Gasteiger partial charge on any atom is 0.323 e. The highest BCUT2D eigenvalue weighted by Gasteiger charge is 2.37. The van der Waals surface area contributed by atoms with Crippen LogP contribution in [0.1, 0.15) is 506 Å². The quantitative estimate of drug-likeness (QED) is 0.0251. The Bertz CT molecular complexity index is 1810. The second-order valence-corrected chi connectivity index (χ2v) is 35.2. The molecule has 0 amide bonds. The first-order chi connectivity index (χ1) is 53.3. The second kappa shape index (κ2) is 85.0. The fraction of sp³-hybridized carbons (Fsp3) is 0.980. The third-order valence-corrected chi connectivity index (χ3v) is 24.0. The molecule has 0 aromatic carbocycles. The number of esters is 2. The summed E-state index contributed by atoms with van der Waals surface area (Å²) in [6, 6.07) is -0.509. The van der Waals surface area contributed by atoms with Crippen molar-refractivity contribution in [2.45, 2.75) is 561 Å². The minimum Gasteiger partial charge on any atom is -0.460 e.